The number of rotatable bonds is 7. The third-order valence-electron chi connectivity index (χ3n) is 4.79. The molecule has 2 nitrogen and oxygen atoms in total. The summed E-state index contributed by atoms with van der Waals surface area (Å²) in [6, 6.07) is 0. The molecule has 0 radical (unpaired) electrons. The maximum atomic E-state index is 11.3. The lowest BCUT2D eigenvalue weighted by Crippen LogP contribution is -2.37. The standard InChI is InChI=1S/C18H34O2/c1-14(2)13-17(18(4,5)20-15(3)19)12-11-16-9-7-6-8-10-16/h14,16-17H,6-13H2,1-5H3. The summed E-state index contributed by atoms with van der Waals surface area (Å²) in [5.41, 5.74) is -0.329. The molecule has 0 heterocycles. The summed E-state index contributed by atoms with van der Waals surface area (Å²) in [7, 11) is 0. The molecule has 118 valence electrons. The van der Waals surface area contributed by atoms with Crippen LogP contribution in [0, 0.1) is 17.8 Å². The first kappa shape index (κ1) is 17.5. The molecule has 20 heavy (non-hydrogen) atoms. The maximum Gasteiger partial charge on any atom is 0.303 e. The molecule has 0 amide bonds. The second-order valence-electron chi connectivity index (χ2n) is 7.60. The van der Waals surface area contributed by atoms with Crippen molar-refractivity contribution in [3.8, 4) is 0 Å². The predicted octanol–water partition coefficient (Wildman–Crippen LogP) is 5.35. The molecule has 1 rings (SSSR count). The van der Waals surface area contributed by atoms with Crippen molar-refractivity contribution in [2.75, 3.05) is 0 Å². The van der Waals surface area contributed by atoms with Gasteiger partial charge in [-0.25, -0.2) is 0 Å². The van der Waals surface area contributed by atoms with E-state index in [2.05, 4.69) is 27.7 Å². The molecular weight excluding hydrogens is 248 g/mol. The number of carbonyl (C=O) groups excluding carboxylic acids is 1. The van der Waals surface area contributed by atoms with Gasteiger partial charge < -0.3 is 4.74 Å². The van der Waals surface area contributed by atoms with Crippen molar-refractivity contribution in [3.05, 3.63) is 0 Å². The zero-order valence-electron chi connectivity index (χ0n) is 14.2. The summed E-state index contributed by atoms with van der Waals surface area (Å²) in [5.74, 6) is 1.89. The van der Waals surface area contributed by atoms with Crippen molar-refractivity contribution in [1.29, 1.82) is 0 Å². The number of hydrogen-bond acceptors (Lipinski definition) is 2. The van der Waals surface area contributed by atoms with Gasteiger partial charge >= 0.3 is 5.97 Å². The Labute approximate surface area is 125 Å². The van der Waals surface area contributed by atoms with Gasteiger partial charge in [-0.1, -0.05) is 52.4 Å². The summed E-state index contributed by atoms with van der Waals surface area (Å²) in [4.78, 5) is 11.3. The molecule has 1 atom stereocenters. The van der Waals surface area contributed by atoms with E-state index in [4.69, 9.17) is 4.74 Å². The fourth-order valence-corrected chi connectivity index (χ4v) is 3.68. The second-order valence-corrected chi connectivity index (χ2v) is 7.60. The molecule has 1 fully saturated rings. The van der Waals surface area contributed by atoms with Crippen molar-refractivity contribution in [3.63, 3.8) is 0 Å². The van der Waals surface area contributed by atoms with Gasteiger partial charge in [-0.3, -0.25) is 4.79 Å². The third kappa shape index (κ3) is 6.28. The van der Waals surface area contributed by atoms with Gasteiger partial charge in [0.1, 0.15) is 5.60 Å². The number of esters is 1. The average Bonchev–Trinajstić information content (AvgIpc) is 2.33. The Morgan fingerprint density at radius 3 is 2.30 bits per heavy atom. The minimum Gasteiger partial charge on any atom is -0.460 e. The summed E-state index contributed by atoms with van der Waals surface area (Å²) in [6.45, 7) is 10.2. The van der Waals surface area contributed by atoms with Crippen LogP contribution in [-0.4, -0.2) is 11.6 Å². The van der Waals surface area contributed by atoms with E-state index in [9.17, 15) is 4.79 Å². The predicted molar refractivity (Wildman–Crippen MR) is 84.6 cm³/mol. The Morgan fingerprint density at radius 1 is 1.20 bits per heavy atom. The smallest absolute Gasteiger partial charge is 0.303 e. The molecule has 2 heteroatoms. The quantitative estimate of drug-likeness (QED) is 0.588. The van der Waals surface area contributed by atoms with Crippen LogP contribution in [-0.2, 0) is 9.53 Å². The Morgan fingerprint density at radius 2 is 1.80 bits per heavy atom. The molecule has 0 aromatic carbocycles. The Balaban J connectivity index is 2.55. The molecule has 1 aliphatic carbocycles. The van der Waals surface area contributed by atoms with Crippen LogP contribution in [0.25, 0.3) is 0 Å². The summed E-state index contributed by atoms with van der Waals surface area (Å²) in [5, 5.41) is 0. The molecule has 0 saturated heterocycles. The number of hydrogen-bond donors (Lipinski definition) is 0. The van der Waals surface area contributed by atoms with E-state index in [1.807, 2.05) is 0 Å². The topological polar surface area (TPSA) is 26.3 Å². The largest absolute Gasteiger partial charge is 0.460 e. The lowest BCUT2D eigenvalue weighted by atomic mass is 9.77. The van der Waals surface area contributed by atoms with E-state index in [1.54, 1.807) is 0 Å². The maximum absolute atomic E-state index is 11.3. The summed E-state index contributed by atoms with van der Waals surface area (Å²) < 4.78 is 5.60. The van der Waals surface area contributed by atoms with Gasteiger partial charge in [0.05, 0.1) is 0 Å². The number of carbonyl (C=O) groups is 1. The zero-order valence-corrected chi connectivity index (χ0v) is 14.2. The molecule has 1 aliphatic rings. The average molecular weight is 282 g/mol. The van der Waals surface area contributed by atoms with Crippen LogP contribution in [0.4, 0.5) is 0 Å². The van der Waals surface area contributed by atoms with Gasteiger partial charge in [0, 0.05) is 6.92 Å². The molecule has 0 bridgehead atoms. The van der Waals surface area contributed by atoms with E-state index >= 15 is 0 Å². The van der Waals surface area contributed by atoms with Gasteiger partial charge in [0.25, 0.3) is 0 Å². The van der Waals surface area contributed by atoms with Crippen LogP contribution < -0.4 is 0 Å². The van der Waals surface area contributed by atoms with Crippen molar-refractivity contribution >= 4 is 5.97 Å². The van der Waals surface area contributed by atoms with Crippen molar-refractivity contribution in [2.24, 2.45) is 17.8 Å². The normalized spacial score (nSPS) is 19.1. The molecule has 1 unspecified atom stereocenters. The zero-order chi connectivity index (χ0) is 15.2. The van der Waals surface area contributed by atoms with Gasteiger partial charge in [0.15, 0.2) is 0 Å². The molecule has 0 aromatic heterocycles. The fraction of sp³-hybridized carbons (Fsp3) is 0.944. The Bertz CT molecular complexity index is 288. The van der Waals surface area contributed by atoms with Gasteiger partial charge in [0.2, 0.25) is 0 Å². The molecule has 0 spiro atoms. The molecule has 0 N–H and O–H groups in total. The number of ether oxygens (including phenoxy) is 1. The Hall–Kier alpha value is -0.530. The van der Waals surface area contributed by atoms with E-state index in [0.717, 1.165) is 12.3 Å². The minimum atomic E-state index is -0.329. The SMILES string of the molecule is CC(=O)OC(C)(C)C(CCC1CCCCC1)CC(C)C. The van der Waals surface area contributed by atoms with E-state index < -0.39 is 0 Å². The third-order valence-corrected chi connectivity index (χ3v) is 4.79. The summed E-state index contributed by atoms with van der Waals surface area (Å²) >= 11 is 0. The minimum absolute atomic E-state index is 0.151. The second kappa shape index (κ2) is 8.05. The lowest BCUT2D eigenvalue weighted by Gasteiger charge is -2.36. The highest BCUT2D eigenvalue weighted by molar-refractivity contribution is 5.66. The fourth-order valence-electron chi connectivity index (χ4n) is 3.68. The van der Waals surface area contributed by atoms with Crippen molar-refractivity contribution < 1.29 is 9.53 Å². The highest BCUT2D eigenvalue weighted by Gasteiger charge is 2.33. The van der Waals surface area contributed by atoms with Crippen molar-refractivity contribution in [2.45, 2.75) is 91.6 Å². The highest BCUT2D eigenvalue weighted by Crippen LogP contribution is 2.35. The van der Waals surface area contributed by atoms with Gasteiger partial charge in [-0.15, -0.1) is 0 Å². The van der Waals surface area contributed by atoms with Crippen LogP contribution in [0.1, 0.15) is 86.0 Å². The van der Waals surface area contributed by atoms with Crippen LogP contribution >= 0.6 is 0 Å². The molecule has 1 saturated carbocycles. The lowest BCUT2D eigenvalue weighted by molar-refractivity contribution is -0.160. The van der Waals surface area contributed by atoms with Crippen LogP contribution in [0.5, 0.6) is 0 Å². The van der Waals surface area contributed by atoms with Crippen LogP contribution in [0.2, 0.25) is 0 Å². The van der Waals surface area contributed by atoms with Crippen LogP contribution in [0.15, 0.2) is 0 Å². The summed E-state index contributed by atoms with van der Waals surface area (Å²) in [6.07, 6.45) is 10.7. The van der Waals surface area contributed by atoms with Crippen molar-refractivity contribution in [1.82, 2.24) is 0 Å². The van der Waals surface area contributed by atoms with E-state index in [1.165, 1.54) is 51.9 Å². The first-order chi connectivity index (χ1) is 9.31. The van der Waals surface area contributed by atoms with E-state index in [-0.39, 0.29) is 11.6 Å². The molecule has 0 aliphatic heterocycles. The first-order valence-corrected chi connectivity index (χ1v) is 8.51. The monoisotopic (exact) mass is 282 g/mol. The van der Waals surface area contributed by atoms with Crippen LogP contribution in [0.3, 0.4) is 0 Å². The highest BCUT2D eigenvalue weighted by atomic mass is 16.6. The molecular formula is C18H34O2. The van der Waals surface area contributed by atoms with E-state index in [0.29, 0.717) is 11.8 Å². The van der Waals surface area contributed by atoms with Gasteiger partial charge in [-0.2, -0.15) is 0 Å². The first-order valence-electron chi connectivity index (χ1n) is 8.51. The Kier molecular flexibility index (Phi) is 7.05. The van der Waals surface area contributed by atoms with Gasteiger partial charge in [-0.05, 0) is 44.4 Å². The molecule has 0 aromatic rings.